The summed E-state index contributed by atoms with van der Waals surface area (Å²) in [5.41, 5.74) is 3.47. The number of carboxylic acids is 1. The maximum absolute atomic E-state index is 12.1. The number of carbonyl (C=O) groups is 1. The number of pyridine rings is 1. The lowest BCUT2D eigenvalue weighted by Crippen LogP contribution is -2.43. The van der Waals surface area contributed by atoms with Crippen LogP contribution < -0.4 is 5.56 Å². The van der Waals surface area contributed by atoms with Crippen molar-refractivity contribution in [2.45, 2.75) is 12.7 Å². The molecule has 0 radical (unpaired) electrons. The number of aliphatic carboxylic acids is 1. The lowest BCUT2D eigenvalue weighted by Gasteiger charge is -2.32. The molecule has 0 aliphatic carbocycles. The molecule has 180 valence electrons. The molecule has 3 heterocycles. The molecule has 1 fully saturated rings. The topological polar surface area (TPSA) is 102 Å². The van der Waals surface area contributed by atoms with Gasteiger partial charge in [0.15, 0.2) is 0 Å². The summed E-state index contributed by atoms with van der Waals surface area (Å²) < 4.78 is 31.7. The van der Waals surface area contributed by atoms with Crippen LogP contribution in [0.4, 0.5) is 13.2 Å². The number of hydrogen-bond acceptors (Lipinski definition) is 6. The predicted octanol–water partition coefficient (Wildman–Crippen LogP) is 2.88. The Kier molecular flexibility index (Phi) is 8.13. The first-order valence-electron chi connectivity index (χ1n) is 10.4. The van der Waals surface area contributed by atoms with E-state index in [9.17, 15) is 18.0 Å². The zero-order valence-electron chi connectivity index (χ0n) is 18.4. The number of nitrogens with zero attached hydrogens (tertiary/aromatic N) is 4. The van der Waals surface area contributed by atoms with Crippen LogP contribution in [0.1, 0.15) is 5.56 Å². The van der Waals surface area contributed by atoms with Crippen molar-refractivity contribution >= 4 is 5.97 Å². The zero-order valence-corrected chi connectivity index (χ0v) is 18.4. The number of halogens is 3. The van der Waals surface area contributed by atoms with Gasteiger partial charge in [0.2, 0.25) is 0 Å². The zero-order chi connectivity index (χ0) is 24.7. The van der Waals surface area contributed by atoms with Crippen molar-refractivity contribution in [1.82, 2.24) is 24.8 Å². The fourth-order valence-electron chi connectivity index (χ4n) is 3.29. The van der Waals surface area contributed by atoms with E-state index in [2.05, 4.69) is 43.9 Å². The molecule has 3 aromatic rings. The van der Waals surface area contributed by atoms with Crippen LogP contribution in [-0.2, 0) is 11.3 Å². The number of alkyl halides is 3. The Morgan fingerprint density at radius 3 is 2.29 bits per heavy atom. The molecule has 8 nitrogen and oxygen atoms in total. The molecule has 1 aliphatic rings. The van der Waals surface area contributed by atoms with Gasteiger partial charge in [-0.2, -0.15) is 13.2 Å². The van der Waals surface area contributed by atoms with Gasteiger partial charge in [-0.1, -0.05) is 24.3 Å². The molecular formula is C23H24F3N5O3. The highest BCUT2D eigenvalue weighted by atomic mass is 19.4. The van der Waals surface area contributed by atoms with Gasteiger partial charge in [-0.3, -0.25) is 14.7 Å². The van der Waals surface area contributed by atoms with E-state index in [1.807, 2.05) is 24.3 Å². The molecule has 0 saturated carbocycles. The maximum Gasteiger partial charge on any atom is 0.490 e. The van der Waals surface area contributed by atoms with Gasteiger partial charge >= 0.3 is 12.1 Å². The van der Waals surface area contributed by atoms with Gasteiger partial charge in [0.05, 0.1) is 5.69 Å². The van der Waals surface area contributed by atoms with Crippen LogP contribution >= 0.6 is 0 Å². The molecule has 1 aliphatic heterocycles. The first-order valence-corrected chi connectivity index (χ1v) is 10.4. The van der Waals surface area contributed by atoms with E-state index in [-0.39, 0.29) is 5.56 Å². The minimum absolute atomic E-state index is 0.166. The molecular weight excluding hydrogens is 451 g/mol. The average molecular weight is 475 g/mol. The van der Waals surface area contributed by atoms with E-state index in [1.54, 1.807) is 12.4 Å². The average Bonchev–Trinajstić information content (AvgIpc) is 2.81. The number of aromatic nitrogens is 3. The smallest absolute Gasteiger partial charge is 0.475 e. The molecule has 2 aromatic heterocycles. The van der Waals surface area contributed by atoms with Crippen molar-refractivity contribution in [3.8, 4) is 22.6 Å². The summed E-state index contributed by atoms with van der Waals surface area (Å²) in [5.74, 6) is -2.18. The van der Waals surface area contributed by atoms with Crippen molar-refractivity contribution < 1.29 is 23.1 Å². The van der Waals surface area contributed by atoms with Crippen molar-refractivity contribution in [3.63, 3.8) is 0 Å². The van der Waals surface area contributed by atoms with Crippen LogP contribution in [0, 0.1) is 0 Å². The maximum atomic E-state index is 12.1. The van der Waals surface area contributed by atoms with Crippen LogP contribution in [0.2, 0.25) is 0 Å². The predicted molar refractivity (Wildman–Crippen MR) is 120 cm³/mol. The molecule has 0 bridgehead atoms. The molecule has 4 rings (SSSR count). The number of H-pyrrole nitrogens is 1. The molecule has 1 aromatic carbocycles. The van der Waals surface area contributed by atoms with Crippen molar-refractivity contribution in [2.75, 3.05) is 33.2 Å². The van der Waals surface area contributed by atoms with E-state index in [0.29, 0.717) is 11.5 Å². The van der Waals surface area contributed by atoms with E-state index >= 15 is 0 Å². The van der Waals surface area contributed by atoms with Gasteiger partial charge in [-0.15, -0.1) is 0 Å². The molecule has 34 heavy (non-hydrogen) atoms. The monoisotopic (exact) mass is 475 g/mol. The minimum atomic E-state index is -5.08. The van der Waals surface area contributed by atoms with E-state index < -0.39 is 12.1 Å². The summed E-state index contributed by atoms with van der Waals surface area (Å²) in [5, 5.41) is 7.12. The van der Waals surface area contributed by atoms with E-state index in [4.69, 9.17) is 9.90 Å². The highest BCUT2D eigenvalue weighted by molar-refractivity contribution is 5.73. The van der Waals surface area contributed by atoms with Gasteiger partial charge in [0.1, 0.15) is 5.82 Å². The third kappa shape index (κ3) is 7.22. The Bertz CT molecular complexity index is 1140. The Hall–Kier alpha value is -3.57. The first-order chi connectivity index (χ1) is 16.1. The van der Waals surface area contributed by atoms with Crippen LogP contribution in [0.25, 0.3) is 22.6 Å². The number of nitrogens with one attached hydrogen (secondary N) is 1. The van der Waals surface area contributed by atoms with Crippen LogP contribution in [0.5, 0.6) is 0 Å². The van der Waals surface area contributed by atoms with Crippen LogP contribution in [0.3, 0.4) is 0 Å². The Morgan fingerprint density at radius 1 is 1.09 bits per heavy atom. The van der Waals surface area contributed by atoms with Gasteiger partial charge < -0.3 is 15.0 Å². The number of benzene rings is 1. The Morgan fingerprint density at radius 2 is 1.74 bits per heavy atom. The lowest BCUT2D eigenvalue weighted by atomic mass is 10.1. The number of hydrogen-bond donors (Lipinski definition) is 2. The van der Waals surface area contributed by atoms with Crippen LogP contribution in [-0.4, -0.2) is 75.2 Å². The minimum Gasteiger partial charge on any atom is -0.475 e. The largest absolute Gasteiger partial charge is 0.490 e. The van der Waals surface area contributed by atoms with Gasteiger partial charge in [-0.25, -0.2) is 9.78 Å². The SMILES string of the molecule is CN1CCN(Cc2ccc(-c3nc(-c4cccnc4)cc(=O)[nH]3)cc2)CC1.O=C(O)C(F)(F)F. The number of rotatable bonds is 4. The third-order valence-corrected chi connectivity index (χ3v) is 5.17. The summed E-state index contributed by atoms with van der Waals surface area (Å²) >= 11 is 0. The summed E-state index contributed by atoms with van der Waals surface area (Å²) in [4.78, 5) is 37.4. The highest BCUT2D eigenvalue weighted by Gasteiger charge is 2.38. The van der Waals surface area contributed by atoms with Crippen molar-refractivity contribution in [2.24, 2.45) is 0 Å². The summed E-state index contributed by atoms with van der Waals surface area (Å²) in [7, 11) is 2.17. The second kappa shape index (κ2) is 11.0. The number of carboxylic acid groups (broad SMARTS) is 1. The molecule has 1 saturated heterocycles. The molecule has 0 amide bonds. The molecule has 0 unspecified atom stereocenters. The molecule has 11 heteroatoms. The second-order valence-corrected chi connectivity index (χ2v) is 7.80. The van der Waals surface area contributed by atoms with Gasteiger partial charge in [0, 0.05) is 62.3 Å². The number of aromatic amines is 1. The van der Waals surface area contributed by atoms with E-state index in [0.717, 1.165) is 43.9 Å². The fraction of sp³-hybridized carbons (Fsp3) is 0.304. The Labute approximate surface area is 193 Å². The van der Waals surface area contributed by atoms with Gasteiger partial charge in [-0.05, 0) is 24.7 Å². The summed E-state index contributed by atoms with van der Waals surface area (Å²) in [6, 6.07) is 13.5. The Balaban J connectivity index is 0.000000406. The van der Waals surface area contributed by atoms with Crippen molar-refractivity contribution in [3.05, 3.63) is 70.8 Å². The normalized spacial score (nSPS) is 14.8. The van der Waals surface area contributed by atoms with Crippen molar-refractivity contribution in [1.29, 1.82) is 0 Å². The molecule has 0 atom stereocenters. The number of piperazine rings is 1. The number of likely N-dealkylation sites (N-methyl/N-ethyl adjacent to an activating group) is 1. The summed E-state index contributed by atoms with van der Waals surface area (Å²) in [6.07, 6.45) is -1.67. The quantitative estimate of drug-likeness (QED) is 0.598. The molecule has 0 spiro atoms. The van der Waals surface area contributed by atoms with E-state index in [1.165, 1.54) is 11.6 Å². The fourth-order valence-corrected chi connectivity index (χ4v) is 3.29. The highest BCUT2D eigenvalue weighted by Crippen LogP contribution is 2.20. The second-order valence-electron chi connectivity index (χ2n) is 7.80. The van der Waals surface area contributed by atoms with Gasteiger partial charge in [0.25, 0.3) is 5.56 Å². The summed E-state index contributed by atoms with van der Waals surface area (Å²) in [6.45, 7) is 5.38. The van der Waals surface area contributed by atoms with Crippen LogP contribution in [0.15, 0.2) is 59.7 Å². The first kappa shape index (κ1) is 25.1. The third-order valence-electron chi connectivity index (χ3n) is 5.17. The standard InChI is InChI=1S/C21H23N5O.C2HF3O2/c1-25-9-11-26(12-10-25)15-16-4-6-17(7-5-16)21-23-19(13-20(27)24-21)18-3-2-8-22-14-18;3-2(4,5)1(6)7/h2-8,13-14H,9-12,15H2,1H3,(H,23,24,27);(H,6,7). The molecule has 2 N–H and O–H groups in total. The lowest BCUT2D eigenvalue weighted by molar-refractivity contribution is -0.192.